The highest BCUT2D eigenvalue weighted by Gasteiger charge is 2.18. The first-order valence-electron chi connectivity index (χ1n) is 6.60. The molecule has 0 aromatic carbocycles. The van der Waals surface area contributed by atoms with E-state index in [1.807, 2.05) is 13.0 Å². The molecule has 2 aromatic heterocycles. The zero-order valence-electron chi connectivity index (χ0n) is 10.6. The minimum Gasteiger partial charge on any atom is -0.316 e. The molecule has 1 atom stereocenters. The maximum absolute atomic E-state index is 11.9. The number of aromatic nitrogens is 3. The maximum Gasteiger partial charge on any atom is 0.272 e. The van der Waals surface area contributed by atoms with Crippen LogP contribution in [0.2, 0.25) is 0 Å². The summed E-state index contributed by atoms with van der Waals surface area (Å²) in [5.74, 6) is 0.463. The van der Waals surface area contributed by atoms with Crippen LogP contribution in [0.4, 0.5) is 0 Å². The average molecular weight is 246 g/mol. The minimum atomic E-state index is -0.0214. The van der Waals surface area contributed by atoms with Crippen molar-refractivity contribution in [2.45, 2.75) is 32.1 Å². The predicted molar refractivity (Wildman–Crippen MR) is 70.0 cm³/mol. The molecule has 1 aliphatic rings. The Bertz CT molecular complexity index is 607. The fourth-order valence-electron chi connectivity index (χ4n) is 2.57. The summed E-state index contributed by atoms with van der Waals surface area (Å²) in [5, 5.41) is 6.57. The third-order valence-electron chi connectivity index (χ3n) is 3.62. The van der Waals surface area contributed by atoms with E-state index < -0.39 is 0 Å². The third-order valence-corrected chi connectivity index (χ3v) is 3.62. The molecule has 2 N–H and O–H groups in total. The van der Waals surface area contributed by atoms with Crippen molar-refractivity contribution in [3.05, 3.63) is 33.9 Å². The highest BCUT2D eigenvalue weighted by atomic mass is 16.1. The number of hydrogen-bond donors (Lipinski definition) is 2. The van der Waals surface area contributed by atoms with Crippen LogP contribution in [0.3, 0.4) is 0 Å². The summed E-state index contributed by atoms with van der Waals surface area (Å²) in [6, 6.07) is 3.62. The van der Waals surface area contributed by atoms with Crippen molar-refractivity contribution >= 4 is 5.65 Å². The van der Waals surface area contributed by atoms with Gasteiger partial charge >= 0.3 is 0 Å². The molecule has 1 aliphatic heterocycles. The second-order valence-electron chi connectivity index (χ2n) is 4.89. The van der Waals surface area contributed by atoms with Crippen molar-refractivity contribution in [3.63, 3.8) is 0 Å². The monoisotopic (exact) mass is 246 g/mol. The minimum absolute atomic E-state index is 0.0214. The van der Waals surface area contributed by atoms with Gasteiger partial charge in [0, 0.05) is 36.0 Å². The molecule has 2 aromatic rings. The number of hydrogen-bond acceptors (Lipinski definition) is 3. The van der Waals surface area contributed by atoms with Crippen LogP contribution in [-0.4, -0.2) is 27.7 Å². The molecule has 0 amide bonds. The van der Waals surface area contributed by atoms with Crippen molar-refractivity contribution in [1.82, 2.24) is 19.9 Å². The Hall–Kier alpha value is -1.62. The van der Waals surface area contributed by atoms with Crippen LogP contribution in [-0.2, 0) is 6.42 Å². The van der Waals surface area contributed by atoms with Crippen LogP contribution in [0.5, 0.6) is 0 Å². The van der Waals surface area contributed by atoms with Gasteiger partial charge in [-0.3, -0.25) is 9.89 Å². The molecule has 18 heavy (non-hydrogen) atoms. The number of piperidine rings is 1. The number of nitrogens with one attached hydrogen (secondary N) is 2. The van der Waals surface area contributed by atoms with Crippen LogP contribution in [0.1, 0.15) is 37.1 Å². The molecule has 0 unspecified atom stereocenters. The summed E-state index contributed by atoms with van der Waals surface area (Å²) in [7, 11) is 0. The first-order chi connectivity index (χ1) is 8.78. The standard InChI is InChI=1S/C13H18N4O/c1-2-10-6-13(18)17-12(15-10)7-11(16-17)9-4-3-5-14-8-9/h6-7,9,14,16H,2-5,8H2,1H3/t9-/m1/s1. The van der Waals surface area contributed by atoms with Crippen molar-refractivity contribution in [3.8, 4) is 0 Å². The Kier molecular flexibility index (Phi) is 2.91. The molecule has 96 valence electrons. The van der Waals surface area contributed by atoms with Gasteiger partial charge in [-0.25, -0.2) is 9.50 Å². The smallest absolute Gasteiger partial charge is 0.272 e. The van der Waals surface area contributed by atoms with E-state index in [1.54, 1.807) is 10.6 Å². The summed E-state index contributed by atoms with van der Waals surface area (Å²) < 4.78 is 1.54. The van der Waals surface area contributed by atoms with Crippen molar-refractivity contribution in [2.24, 2.45) is 0 Å². The van der Waals surface area contributed by atoms with Gasteiger partial charge in [-0.05, 0) is 25.8 Å². The van der Waals surface area contributed by atoms with Crippen LogP contribution in [0.15, 0.2) is 16.9 Å². The normalized spacial score (nSPS) is 20.4. The third kappa shape index (κ3) is 1.95. The van der Waals surface area contributed by atoms with E-state index in [4.69, 9.17) is 0 Å². The lowest BCUT2D eigenvalue weighted by molar-refractivity contribution is 0.453. The van der Waals surface area contributed by atoms with E-state index >= 15 is 0 Å². The quantitative estimate of drug-likeness (QED) is 0.832. The fourth-order valence-corrected chi connectivity index (χ4v) is 2.57. The number of aryl methyl sites for hydroxylation is 1. The molecule has 3 heterocycles. The summed E-state index contributed by atoms with van der Waals surface area (Å²) in [4.78, 5) is 16.4. The topological polar surface area (TPSA) is 62.2 Å². The van der Waals surface area contributed by atoms with Gasteiger partial charge in [0.2, 0.25) is 0 Å². The molecule has 0 aliphatic carbocycles. The Morgan fingerprint density at radius 1 is 1.50 bits per heavy atom. The van der Waals surface area contributed by atoms with E-state index in [0.29, 0.717) is 5.92 Å². The van der Waals surface area contributed by atoms with E-state index in [9.17, 15) is 4.79 Å². The molecule has 5 heteroatoms. The fraction of sp³-hybridized carbons (Fsp3) is 0.538. The van der Waals surface area contributed by atoms with Gasteiger partial charge in [0.05, 0.1) is 0 Å². The molecular formula is C13H18N4O. The van der Waals surface area contributed by atoms with E-state index in [-0.39, 0.29) is 5.56 Å². The second-order valence-corrected chi connectivity index (χ2v) is 4.89. The summed E-state index contributed by atoms with van der Waals surface area (Å²) in [6.45, 7) is 4.08. The van der Waals surface area contributed by atoms with Crippen LogP contribution >= 0.6 is 0 Å². The Morgan fingerprint density at radius 3 is 3.11 bits per heavy atom. The van der Waals surface area contributed by atoms with Gasteiger partial charge < -0.3 is 5.32 Å². The molecule has 0 spiro atoms. The van der Waals surface area contributed by atoms with Crippen LogP contribution in [0, 0.1) is 0 Å². The summed E-state index contributed by atoms with van der Waals surface area (Å²) in [6.07, 6.45) is 3.13. The molecule has 1 saturated heterocycles. The van der Waals surface area contributed by atoms with Crippen molar-refractivity contribution < 1.29 is 0 Å². The lowest BCUT2D eigenvalue weighted by Crippen LogP contribution is -2.28. The number of rotatable bonds is 2. The van der Waals surface area contributed by atoms with Crippen LogP contribution in [0.25, 0.3) is 5.65 Å². The molecular weight excluding hydrogens is 228 g/mol. The lowest BCUT2D eigenvalue weighted by Gasteiger charge is -2.21. The van der Waals surface area contributed by atoms with Gasteiger partial charge in [-0.1, -0.05) is 6.92 Å². The number of fused-ring (bicyclic) bond motifs is 1. The van der Waals surface area contributed by atoms with Gasteiger partial charge in [-0.2, -0.15) is 0 Å². The second kappa shape index (κ2) is 4.57. The largest absolute Gasteiger partial charge is 0.316 e. The summed E-state index contributed by atoms with van der Waals surface area (Å²) in [5.41, 5.74) is 2.68. The number of H-pyrrole nitrogens is 1. The average Bonchev–Trinajstić information content (AvgIpc) is 2.84. The maximum atomic E-state index is 11.9. The molecule has 0 saturated carbocycles. The van der Waals surface area contributed by atoms with Crippen molar-refractivity contribution in [1.29, 1.82) is 0 Å². The van der Waals surface area contributed by atoms with Crippen molar-refractivity contribution in [2.75, 3.05) is 13.1 Å². The molecule has 1 fully saturated rings. The zero-order valence-corrected chi connectivity index (χ0v) is 10.6. The lowest BCUT2D eigenvalue weighted by atomic mass is 9.96. The Labute approximate surface area is 105 Å². The molecule has 0 radical (unpaired) electrons. The summed E-state index contributed by atoms with van der Waals surface area (Å²) >= 11 is 0. The molecule has 0 bridgehead atoms. The molecule has 5 nitrogen and oxygen atoms in total. The Balaban J connectivity index is 2.04. The predicted octanol–water partition coefficient (Wildman–Crippen LogP) is 1.05. The van der Waals surface area contributed by atoms with E-state index in [0.717, 1.165) is 43.0 Å². The highest BCUT2D eigenvalue weighted by Crippen LogP contribution is 2.22. The first kappa shape index (κ1) is 11.5. The first-order valence-corrected chi connectivity index (χ1v) is 6.60. The zero-order chi connectivity index (χ0) is 12.5. The Morgan fingerprint density at radius 2 is 2.39 bits per heavy atom. The SMILES string of the molecule is CCc1cc(=O)n2[nH]c([C@@H]3CCCNC3)cc2n1. The van der Waals surface area contributed by atoms with E-state index in [1.165, 1.54) is 6.42 Å². The van der Waals surface area contributed by atoms with E-state index in [2.05, 4.69) is 15.4 Å². The van der Waals surface area contributed by atoms with Gasteiger partial charge in [0.15, 0.2) is 5.65 Å². The van der Waals surface area contributed by atoms with Crippen LogP contribution < -0.4 is 10.9 Å². The van der Waals surface area contributed by atoms with Gasteiger partial charge in [0.25, 0.3) is 5.56 Å². The highest BCUT2D eigenvalue weighted by molar-refractivity contribution is 5.40. The molecule has 3 rings (SSSR count). The van der Waals surface area contributed by atoms with Gasteiger partial charge in [0.1, 0.15) is 0 Å². The number of nitrogens with zero attached hydrogens (tertiary/aromatic N) is 2. The van der Waals surface area contributed by atoms with Gasteiger partial charge in [-0.15, -0.1) is 0 Å². The number of aromatic amines is 1.